The van der Waals surface area contributed by atoms with Crippen molar-refractivity contribution in [1.29, 1.82) is 0 Å². The van der Waals surface area contributed by atoms with Gasteiger partial charge in [0, 0.05) is 21.7 Å². The molecule has 1 aliphatic heterocycles. The van der Waals surface area contributed by atoms with Crippen molar-refractivity contribution in [2.45, 2.75) is 52.7 Å². The minimum absolute atomic E-state index is 0.179. The smallest absolute Gasteiger partial charge is 0.338 e. The van der Waals surface area contributed by atoms with Crippen molar-refractivity contribution in [2.75, 3.05) is 20.3 Å². The Morgan fingerprint density at radius 3 is 2.50 bits per heavy atom. The average molecular weight is 737 g/mol. The molecule has 0 saturated heterocycles. The third kappa shape index (κ3) is 7.29. The normalized spacial score (nSPS) is 14.2. The Hall–Kier alpha value is -5.12. The highest BCUT2D eigenvalue weighted by atomic mass is 35.5. The molecule has 268 valence electrons. The first kappa shape index (κ1) is 36.7. The zero-order valence-corrected chi connectivity index (χ0v) is 31.3. The number of benzene rings is 4. The first-order chi connectivity index (χ1) is 25.3. The Morgan fingerprint density at radius 1 is 0.981 bits per heavy atom. The van der Waals surface area contributed by atoms with Gasteiger partial charge in [0.25, 0.3) is 5.56 Å². The van der Waals surface area contributed by atoms with Crippen molar-refractivity contribution in [2.24, 2.45) is 4.99 Å². The van der Waals surface area contributed by atoms with Gasteiger partial charge in [0.1, 0.15) is 18.4 Å². The highest BCUT2D eigenvalue weighted by molar-refractivity contribution is 7.07. The van der Waals surface area contributed by atoms with Gasteiger partial charge in [0.05, 0.1) is 36.1 Å². The summed E-state index contributed by atoms with van der Waals surface area (Å²) in [5.74, 6) is 1.18. The number of rotatable bonds is 14. The van der Waals surface area contributed by atoms with Gasteiger partial charge in [-0.2, -0.15) is 0 Å². The fraction of sp³-hybridized carbons (Fsp3) is 0.262. The lowest BCUT2D eigenvalue weighted by Crippen LogP contribution is -2.40. The largest absolute Gasteiger partial charge is 0.496 e. The maximum atomic E-state index is 14.7. The topological polar surface area (TPSA) is 88.4 Å². The average Bonchev–Trinajstić information content (AvgIpc) is 3.45. The molecule has 1 aliphatic rings. The van der Waals surface area contributed by atoms with Crippen LogP contribution in [0.25, 0.3) is 16.8 Å². The fourth-order valence-corrected chi connectivity index (χ4v) is 7.76. The van der Waals surface area contributed by atoms with Crippen LogP contribution >= 0.6 is 22.9 Å². The number of allylic oxidation sites excluding steroid dienone is 2. The third-order valence-electron chi connectivity index (χ3n) is 8.76. The molecular formula is C42H41ClN2O6S. The second-order valence-corrected chi connectivity index (χ2v) is 13.5. The maximum absolute atomic E-state index is 14.7. The van der Waals surface area contributed by atoms with Crippen molar-refractivity contribution < 1.29 is 23.7 Å². The van der Waals surface area contributed by atoms with Crippen LogP contribution in [-0.2, 0) is 22.6 Å². The van der Waals surface area contributed by atoms with E-state index in [0.29, 0.717) is 67.9 Å². The van der Waals surface area contributed by atoms with Crippen LogP contribution in [-0.4, -0.2) is 30.9 Å². The van der Waals surface area contributed by atoms with E-state index >= 15 is 0 Å². The summed E-state index contributed by atoms with van der Waals surface area (Å²) in [5, 5.41) is 2.43. The summed E-state index contributed by atoms with van der Waals surface area (Å²) in [5.41, 5.74) is 3.79. The molecule has 4 aromatic carbocycles. The number of hydrogen-bond acceptors (Lipinski definition) is 8. The molecule has 0 bridgehead atoms. The molecule has 8 nitrogen and oxygen atoms in total. The summed E-state index contributed by atoms with van der Waals surface area (Å²) in [6.45, 7) is 10.5. The number of thiazole rings is 1. The zero-order chi connectivity index (χ0) is 36.8. The Balaban J connectivity index is 1.56. The molecule has 2 heterocycles. The summed E-state index contributed by atoms with van der Waals surface area (Å²) in [6, 6.07) is 22.3. The first-order valence-corrected chi connectivity index (χ1v) is 18.6. The number of esters is 1. The number of nitrogens with zero attached hydrogens (tertiary/aromatic N) is 2. The highest BCUT2D eigenvalue weighted by Gasteiger charge is 2.37. The van der Waals surface area contributed by atoms with Crippen molar-refractivity contribution in [3.8, 4) is 17.2 Å². The van der Waals surface area contributed by atoms with Crippen molar-refractivity contribution in [1.82, 2.24) is 4.57 Å². The summed E-state index contributed by atoms with van der Waals surface area (Å²) in [6.07, 6.45) is 5.41. The van der Waals surface area contributed by atoms with Gasteiger partial charge in [-0.15, -0.1) is 6.58 Å². The van der Waals surface area contributed by atoms with Crippen molar-refractivity contribution in [3.63, 3.8) is 0 Å². The minimum Gasteiger partial charge on any atom is -0.496 e. The molecule has 0 fully saturated rings. The van der Waals surface area contributed by atoms with E-state index in [1.54, 1.807) is 24.7 Å². The van der Waals surface area contributed by atoms with E-state index in [1.165, 1.54) is 11.3 Å². The molecule has 6 rings (SSSR count). The zero-order valence-electron chi connectivity index (χ0n) is 29.7. The predicted molar refractivity (Wildman–Crippen MR) is 207 cm³/mol. The second-order valence-electron chi connectivity index (χ2n) is 12.1. The van der Waals surface area contributed by atoms with E-state index in [-0.39, 0.29) is 18.8 Å². The van der Waals surface area contributed by atoms with Crippen LogP contribution in [0.15, 0.2) is 107 Å². The standard InChI is InChI=1S/C42H41ClN2O6S/c1-6-14-28-22-26(23-34(49-8-3)39(28)51-25-29-17-11-13-19-31(29)43)24-35-40(46)45-38(36-30-18-12-10-16-27(30)20-21-33(36)48-5)37(41(47)50-9-4)32(15-7-2)44-42(45)52-35/h6,10-13,16-24,38H,1,7-9,14-15,25H2,2-5H3/b35-24+/t38-/m0/s1. The highest BCUT2D eigenvalue weighted by Crippen LogP contribution is 2.41. The second kappa shape index (κ2) is 16.5. The Morgan fingerprint density at radius 2 is 1.77 bits per heavy atom. The van der Waals surface area contributed by atoms with Gasteiger partial charge in [0.2, 0.25) is 0 Å². The number of fused-ring (bicyclic) bond motifs is 2. The summed E-state index contributed by atoms with van der Waals surface area (Å²) < 4.78 is 26.0. The molecule has 5 aromatic rings. The number of halogens is 1. The number of hydrogen-bond donors (Lipinski definition) is 0. The monoisotopic (exact) mass is 736 g/mol. The van der Waals surface area contributed by atoms with Crippen LogP contribution < -0.4 is 29.1 Å². The summed E-state index contributed by atoms with van der Waals surface area (Å²) in [4.78, 5) is 34.0. The van der Waals surface area contributed by atoms with E-state index in [9.17, 15) is 9.59 Å². The number of ether oxygens (including phenoxy) is 4. The molecule has 52 heavy (non-hydrogen) atoms. The minimum atomic E-state index is -0.837. The van der Waals surface area contributed by atoms with Gasteiger partial charge in [-0.1, -0.05) is 90.9 Å². The predicted octanol–water partition coefficient (Wildman–Crippen LogP) is 8.10. The SMILES string of the molecule is C=CCc1cc(/C=c2/sc3n(c2=O)[C@@H](c2c(OC)ccc4ccccc24)C(C(=O)OCC)=C(CCC)N=3)cc(OCC)c1OCc1ccccc1Cl. The van der Waals surface area contributed by atoms with E-state index in [1.807, 2.05) is 92.7 Å². The van der Waals surface area contributed by atoms with Gasteiger partial charge < -0.3 is 18.9 Å². The van der Waals surface area contributed by atoms with Gasteiger partial charge in [-0.25, -0.2) is 9.79 Å². The number of aromatic nitrogens is 1. The number of carbonyl (C=O) groups excluding carboxylic acids is 1. The van der Waals surface area contributed by atoms with Crippen molar-refractivity contribution in [3.05, 3.63) is 144 Å². The molecule has 0 saturated carbocycles. The van der Waals surface area contributed by atoms with Gasteiger partial charge in [-0.05, 0) is 73.4 Å². The molecule has 10 heteroatoms. The molecule has 0 N–H and O–H groups in total. The van der Waals surface area contributed by atoms with E-state index in [0.717, 1.165) is 33.9 Å². The lowest BCUT2D eigenvalue weighted by molar-refractivity contribution is -0.139. The quantitative estimate of drug-likeness (QED) is 0.0846. The van der Waals surface area contributed by atoms with Crippen LogP contribution in [0.2, 0.25) is 5.02 Å². The third-order valence-corrected chi connectivity index (χ3v) is 10.1. The Labute approximate surface area is 311 Å². The van der Waals surface area contributed by atoms with E-state index in [4.69, 9.17) is 35.5 Å². The molecule has 1 aromatic heterocycles. The summed E-state index contributed by atoms with van der Waals surface area (Å²) in [7, 11) is 1.59. The Kier molecular flexibility index (Phi) is 11.6. The van der Waals surface area contributed by atoms with Crippen LogP contribution in [0.5, 0.6) is 17.2 Å². The number of carbonyl (C=O) groups is 1. The van der Waals surface area contributed by atoms with E-state index in [2.05, 4.69) is 6.58 Å². The van der Waals surface area contributed by atoms with E-state index < -0.39 is 12.0 Å². The lowest BCUT2D eigenvalue weighted by atomic mass is 9.90. The van der Waals surface area contributed by atoms with Gasteiger partial charge >= 0.3 is 5.97 Å². The summed E-state index contributed by atoms with van der Waals surface area (Å²) >= 11 is 7.70. The molecule has 0 radical (unpaired) electrons. The molecule has 1 atom stereocenters. The molecule has 0 aliphatic carbocycles. The van der Waals surface area contributed by atoms with Crippen LogP contribution in [0.4, 0.5) is 0 Å². The molecule has 0 amide bonds. The van der Waals surface area contributed by atoms with Crippen LogP contribution in [0.3, 0.4) is 0 Å². The molecule has 0 spiro atoms. The maximum Gasteiger partial charge on any atom is 0.338 e. The first-order valence-electron chi connectivity index (χ1n) is 17.4. The molecule has 0 unspecified atom stereocenters. The van der Waals surface area contributed by atoms with Gasteiger partial charge in [0.15, 0.2) is 16.3 Å². The number of methoxy groups -OCH3 is 1. The van der Waals surface area contributed by atoms with Crippen LogP contribution in [0, 0.1) is 0 Å². The van der Waals surface area contributed by atoms with Crippen molar-refractivity contribution >= 4 is 45.8 Å². The van der Waals surface area contributed by atoms with Crippen LogP contribution in [0.1, 0.15) is 61.9 Å². The Bertz CT molecular complexity index is 2360. The fourth-order valence-electron chi connectivity index (χ4n) is 6.55. The molecular weight excluding hydrogens is 696 g/mol. The lowest BCUT2D eigenvalue weighted by Gasteiger charge is -2.28. The van der Waals surface area contributed by atoms with Gasteiger partial charge in [-0.3, -0.25) is 9.36 Å².